The quantitative estimate of drug-likeness (QED) is 0.706. The molecule has 0 spiro atoms. The fraction of sp³-hybridized carbons (Fsp3) is 0.625. The van der Waals surface area contributed by atoms with E-state index in [4.69, 9.17) is 4.74 Å². The van der Waals surface area contributed by atoms with Crippen molar-refractivity contribution in [1.29, 1.82) is 0 Å². The van der Waals surface area contributed by atoms with Gasteiger partial charge in [0.05, 0.1) is 5.60 Å². The first kappa shape index (κ1) is 17.5. The van der Waals surface area contributed by atoms with Gasteiger partial charge in [-0.1, -0.05) is 36.7 Å². The third kappa shape index (κ3) is 5.43. The lowest BCUT2D eigenvalue weighted by Crippen LogP contribution is -2.37. The van der Waals surface area contributed by atoms with Gasteiger partial charge in [0.2, 0.25) is 0 Å². The standard InChI is InChI=1S/C16H26BrNO2/c1-5-8-18-10-13-9-14(6-7-15(13)17)20-11-16(4,19)12(2)3/h6-7,9,12,18-19H,5,8,10-11H2,1-4H3. The van der Waals surface area contributed by atoms with E-state index in [0.717, 1.165) is 29.7 Å². The lowest BCUT2D eigenvalue weighted by Gasteiger charge is -2.27. The topological polar surface area (TPSA) is 41.5 Å². The normalized spacial score (nSPS) is 14.3. The summed E-state index contributed by atoms with van der Waals surface area (Å²) in [6.45, 7) is 10.0. The van der Waals surface area contributed by atoms with Crippen LogP contribution in [0.4, 0.5) is 0 Å². The van der Waals surface area contributed by atoms with Crippen LogP contribution in [0.2, 0.25) is 0 Å². The second kappa shape index (κ2) is 8.01. The molecule has 3 nitrogen and oxygen atoms in total. The number of halogens is 1. The average molecular weight is 344 g/mol. The van der Waals surface area contributed by atoms with E-state index in [1.54, 1.807) is 6.92 Å². The third-order valence-electron chi connectivity index (χ3n) is 3.53. The summed E-state index contributed by atoms with van der Waals surface area (Å²) in [4.78, 5) is 0. The van der Waals surface area contributed by atoms with Crippen LogP contribution in [0.1, 0.15) is 39.7 Å². The zero-order valence-electron chi connectivity index (χ0n) is 12.9. The van der Waals surface area contributed by atoms with Gasteiger partial charge in [0.1, 0.15) is 12.4 Å². The predicted octanol–water partition coefficient (Wildman–Crippen LogP) is 3.73. The summed E-state index contributed by atoms with van der Waals surface area (Å²) in [5.41, 5.74) is 0.355. The van der Waals surface area contributed by atoms with Crippen molar-refractivity contribution in [2.75, 3.05) is 13.2 Å². The fourth-order valence-electron chi connectivity index (χ4n) is 1.57. The van der Waals surface area contributed by atoms with Crippen molar-refractivity contribution in [1.82, 2.24) is 5.32 Å². The van der Waals surface area contributed by atoms with Gasteiger partial charge in [-0.05, 0) is 49.6 Å². The Bertz CT molecular complexity index is 419. The van der Waals surface area contributed by atoms with Crippen molar-refractivity contribution in [2.24, 2.45) is 5.92 Å². The molecule has 1 unspecified atom stereocenters. The SMILES string of the molecule is CCCNCc1cc(OCC(C)(O)C(C)C)ccc1Br. The molecule has 1 atom stereocenters. The first-order chi connectivity index (χ1) is 9.36. The van der Waals surface area contributed by atoms with E-state index in [0.29, 0.717) is 6.61 Å². The minimum absolute atomic E-state index is 0.156. The van der Waals surface area contributed by atoms with Gasteiger partial charge >= 0.3 is 0 Å². The van der Waals surface area contributed by atoms with Crippen LogP contribution >= 0.6 is 15.9 Å². The molecule has 4 heteroatoms. The molecule has 0 aliphatic rings. The molecule has 0 radical (unpaired) electrons. The molecule has 0 saturated carbocycles. The molecule has 1 aromatic rings. The zero-order valence-corrected chi connectivity index (χ0v) is 14.5. The second-order valence-electron chi connectivity index (χ2n) is 5.73. The van der Waals surface area contributed by atoms with Gasteiger partial charge in [0, 0.05) is 11.0 Å². The van der Waals surface area contributed by atoms with E-state index in [-0.39, 0.29) is 5.92 Å². The third-order valence-corrected chi connectivity index (χ3v) is 4.31. The number of rotatable bonds is 8. The molecule has 0 amide bonds. The first-order valence-electron chi connectivity index (χ1n) is 7.21. The van der Waals surface area contributed by atoms with Gasteiger partial charge in [0.15, 0.2) is 0 Å². The molecular formula is C16H26BrNO2. The monoisotopic (exact) mass is 343 g/mol. The van der Waals surface area contributed by atoms with E-state index in [1.807, 2.05) is 32.0 Å². The van der Waals surface area contributed by atoms with Gasteiger partial charge < -0.3 is 15.2 Å². The van der Waals surface area contributed by atoms with Crippen molar-refractivity contribution in [3.63, 3.8) is 0 Å². The van der Waals surface area contributed by atoms with Gasteiger partial charge in [-0.15, -0.1) is 0 Å². The molecule has 114 valence electrons. The summed E-state index contributed by atoms with van der Waals surface area (Å²) in [6.07, 6.45) is 1.12. The van der Waals surface area contributed by atoms with Crippen LogP contribution in [0.3, 0.4) is 0 Å². The molecule has 0 aromatic heterocycles. The number of benzene rings is 1. The first-order valence-corrected chi connectivity index (χ1v) is 8.00. The number of nitrogens with one attached hydrogen (secondary N) is 1. The summed E-state index contributed by atoms with van der Waals surface area (Å²) >= 11 is 3.55. The van der Waals surface area contributed by atoms with Crippen molar-refractivity contribution < 1.29 is 9.84 Å². The summed E-state index contributed by atoms with van der Waals surface area (Å²) < 4.78 is 6.81. The Morgan fingerprint density at radius 3 is 2.70 bits per heavy atom. The molecule has 0 bridgehead atoms. The van der Waals surface area contributed by atoms with Crippen LogP contribution in [0.25, 0.3) is 0 Å². The van der Waals surface area contributed by atoms with E-state index in [9.17, 15) is 5.11 Å². The van der Waals surface area contributed by atoms with Crippen LogP contribution in [0, 0.1) is 5.92 Å². The molecule has 0 aliphatic carbocycles. The highest BCUT2D eigenvalue weighted by atomic mass is 79.9. The molecule has 20 heavy (non-hydrogen) atoms. The maximum Gasteiger partial charge on any atom is 0.119 e. The maximum atomic E-state index is 10.2. The van der Waals surface area contributed by atoms with E-state index < -0.39 is 5.60 Å². The zero-order chi connectivity index (χ0) is 15.2. The molecular weight excluding hydrogens is 318 g/mol. The van der Waals surface area contributed by atoms with Gasteiger partial charge in [-0.3, -0.25) is 0 Å². The minimum atomic E-state index is -0.812. The van der Waals surface area contributed by atoms with Crippen LogP contribution < -0.4 is 10.1 Å². The lowest BCUT2D eigenvalue weighted by atomic mass is 9.94. The predicted molar refractivity (Wildman–Crippen MR) is 87.1 cm³/mol. The Morgan fingerprint density at radius 2 is 2.10 bits per heavy atom. The number of aliphatic hydroxyl groups is 1. The van der Waals surface area contributed by atoms with Gasteiger partial charge in [-0.2, -0.15) is 0 Å². The van der Waals surface area contributed by atoms with Crippen molar-refractivity contribution in [2.45, 2.75) is 46.3 Å². The molecule has 0 aliphatic heterocycles. The van der Waals surface area contributed by atoms with E-state index >= 15 is 0 Å². The molecule has 1 aromatic carbocycles. The number of hydrogen-bond acceptors (Lipinski definition) is 3. The molecule has 0 saturated heterocycles. The highest BCUT2D eigenvalue weighted by molar-refractivity contribution is 9.10. The summed E-state index contributed by atoms with van der Waals surface area (Å²) in [6, 6.07) is 5.93. The van der Waals surface area contributed by atoms with Crippen LogP contribution in [-0.2, 0) is 6.54 Å². The highest BCUT2D eigenvalue weighted by Crippen LogP contribution is 2.24. The Hall–Kier alpha value is -0.580. The van der Waals surface area contributed by atoms with E-state index in [2.05, 4.69) is 28.2 Å². The maximum absolute atomic E-state index is 10.2. The Balaban J connectivity index is 2.65. The van der Waals surface area contributed by atoms with Crippen molar-refractivity contribution in [3.05, 3.63) is 28.2 Å². The summed E-state index contributed by atoms with van der Waals surface area (Å²) in [7, 11) is 0. The molecule has 0 heterocycles. The minimum Gasteiger partial charge on any atom is -0.491 e. The van der Waals surface area contributed by atoms with Gasteiger partial charge in [0.25, 0.3) is 0 Å². The van der Waals surface area contributed by atoms with Crippen LogP contribution in [0.15, 0.2) is 22.7 Å². The average Bonchev–Trinajstić information content (AvgIpc) is 2.39. The summed E-state index contributed by atoms with van der Waals surface area (Å²) in [5, 5.41) is 13.6. The Kier molecular flexibility index (Phi) is 7.00. The van der Waals surface area contributed by atoms with Gasteiger partial charge in [-0.25, -0.2) is 0 Å². The summed E-state index contributed by atoms with van der Waals surface area (Å²) in [5.74, 6) is 0.950. The smallest absolute Gasteiger partial charge is 0.119 e. The lowest BCUT2D eigenvalue weighted by molar-refractivity contribution is -0.0266. The Morgan fingerprint density at radius 1 is 1.40 bits per heavy atom. The van der Waals surface area contributed by atoms with Crippen molar-refractivity contribution >= 4 is 15.9 Å². The fourth-order valence-corrected chi connectivity index (χ4v) is 1.96. The van der Waals surface area contributed by atoms with Crippen LogP contribution in [-0.4, -0.2) is 23.9 Å². The molecule has 1 rings (SSSR count). The second-order valence-corrected chi connectivity index (χ2v) is 6.58. The van der Waals surface area contributed by atoms with E-state index in [1.165, 1.54) is 5.56 Å². The molecule has 0 fully saturated rings. The largest absolute Gasteiger partial charge is 0.491 e. The molecule has 2 N–H and O–H groups in total. The van der Waals surface area contributed by atoms with Crippen molar-refractivity contribution in [3.8, 4) is 5.75 Å². The highest BCUT2D eigenvalue weighted by Gasteiger charge is 2.25. The Labute approximate surface area is 130 Å². The van der Waals surface area contributed by atoms with Crippen LogP contribution in [0.5, 0.6) is 5.75 Å². The number of hydrogen-bond donors (Lipinski definition) is 2. The number of ether oxygens (including phenoxy) is 1.